The number of aryl methyl sites for hydroxylation is 2. The van der Waals surface area contributed by atoms with Crippen molar-refractivity contribution < 1.29 is 22.7 Å². The van der Waals surface area contributed by atoms with Crippen molar-refractivity contribution in [3.8, 4) is 0 Å². The number of benzene rings is 2. The molecule has 0 heterocycles. The number of nitrogens with one attached hydrogen (secondary N) is 1. The van der Waals surface area contributed by atoms with Crippen molar-refractivity contribution in [1.29, 1.82) is 0 Å². The van der Waals surface area contributed by atoms with Gasteiger partial charge in [0.25, 0.3) is 0 Å². The van der Waals surface area contributed by atoms with Crippen LogP contribution in [0.3, 0.4) is 0 Å². The molecule has 0 aliphatic heterocycles. The summed E-state index contributed by atoms with van der Waals surface area (Å²) in [6, 6.07) is 9.93. The Labute approximate surface area is 182 Å². The Morgan fingerprint density at radius 1 is 1.10 bits per heavy atom. The standard InChI is InChI=1S/C21H25ClN2O5S/c1-14-7-9-16(21(26)29-3)12-18(14)23-20(25)6-5-11-24(30(4,27)28)19-13-17(22)10-8-15(19)2/h7-10,12-13H,5-6,11H2,1-4H3,(H,23,25). The smallest absolute Gasteiger partial charge is 0.337 e. The van der Waals surface area contributed by atoms with E-state index in [2.05, 4.69) is 5.32 Å². The predicted molar refractivity (Wildman–Crippen MR) is 119 cm³/mol. The highest BCUT2D eigenvalue weighted by molar-refractivity contribution is 7.92. The lowest BCUT2D eigenvalue weighted by molar-refractivity contribution is -0.116. The maximum absolute atomic E-state index is 12.4. The van der Waals surface area contributed by atoms with Gasteiger partial charge in [-0.2, -0.15) is 0 Å². The summed E-state index contributed by atoms with van der Waals surface area (Å²) < 4.78 is 30.5. The summed E-state index contributed by atoms with van der Waals surface area (Å²) in [7, 11) is -2.26. The first-order valence-electron chi connectivity index (χ1n) is 9.25. The monoisotopic (exact) mass is 452 g/mol. The zero-order chi connectivity index (χ0) is 22.5. The predicted octanol–water partition coefficient (Wildman–Crippen LogP) is 3.93. The molecule has 162 valence electrons. The number of sulfonamides is 1. The fraction of sp³-hybridized carbons (Fsp3) is 0.333. The van der Waals surface area contributed by atoms with Gasteiger partial charge in [0.1, 0.15) is 0 Å². The van der Waals surface area contributed by atoms with E-state index >= 15 is 0 Å². The molecule has 0 spiro atoms. The first kappa shape index (κ1) is 23.7. The topological polar surface area (TPSA) is 92.8 Å². The molecule has 0 saturated carbocycles. The lowest BCUT2D eigenvalue weighted by Gasteiger charge is -2.24. The minimum atomic E-state index is -3.55. The van der Waals surface area contributed by atoms with Gasteiger partial charge in [-0.1, -0.05) is 23.7 Å². The van der Waals surface area contributed by atoms with Crippen LogP contribution in [0.2, 0.25) is 5.02 Å². The summed E-state index contributed by atoms with van der Waals surface area (Å²) in [5.41, 5.74) is 2.89. The summed E-state index contributed by atoms with van der Waals surface area (Å²) in [5, 5.41) is 3.20. The first-order valence-corrected chi connectivity index (χ1v) is 11.5. The molecule has 0 atom stereocenters. The van der Waals surface area contributed by atoms with Crippen LogP contribution in [0.1, 0.15) is 34.3 Å². The van der Waals surface area contributed by atoms with Crippen LogP contribution >= 0.6 is 11.6 Å². The number of hydrogen-bond acceptors (Lipinski definition) is 5. The second-order valence-corrected chi connectivity index (χ2v) is 9.28. The molecule has 2 aromatic carbocycles. The number of carbonyl (C=O) groups is 2. The van der Waals surface area contributed by atoms with Crippen molar-refractivity contribution >= 4 is 44.9 Å². The molecule has 0 radical (unpaired) electrons. The fourth-order valence-electron chi connectivity index (χ4n) is 2.91. The van der Waals surface area contributed by atoms with Gasteiger partial charge in [-0.3, -0.25) is 9.10 Å². The Hall–Kier alpha value is -2.58. The van der Waals surface area contributed by atoms with Gasteiger partial charge in [0, 0.05) is 23.7 Å². The van der Waals surface area contributed by atoms with Gasteiger partial charge in [0.05, 0.1) is 24.6 Å². The third kappa shape index (κ3) is 6.21. The largest absolute Gasteiger partial charge is 0.465 e. The summed E-state index contributed by atoms with van der Waals surface area (Å²) in [6.07, 6.45) is 1.53. The molecular weight excluding hydrogens is 428 g/mol. The Balaban J connectivity index is 2.07. The van der Waals surface area contributed by atoms with Crippen molar-refractivity contribution in [3.63, 3.8) is 0 Å². The molecule has 0 aliphatic carbocycles. The molecule has 9 heteroatoms. The van der Waals surface area contributed by atoms with Crippen LogP contribution in [-0.4, -0.2) is 40.2 Å². The van der Waals surface area contributed by atoms with Crippen LogP contribution in [0.15, 0.2) is 36.4 Å². The number of hydrogen-bond donors (Lipinski definition) is 1. The molecule has 7 nitrogen and oxygen atoms in total. The number of carbonyl (C=O) groups excluding carboxylic acids is 2. The molecule has 1 N–H and O–H groups in total. The van der Waals surface area contributed by atoms with Crippen LogP contribution < -0.4 is 9.62 Å². The number of esters is 1. The number of anilines is 2. The average Bonchev–Trinajstić information content (AvgIpc) is 2.67. The quantitative estimate of drug-likeness (QED) is 0.612. The van der Waals surface area contributed by atoms with E-state index in [4.69, 9.17) is 16.3 Å². The van der Waals surface area contributed by atoms with Crippen molar-refractivity contribution in [1.82, 2.24) is 0 Å². The highest BCUT2D eigenvalue weighted by atomic mass is 35.5. The van der Waals surface area contributed by atoms with E-state index in [1.54, 1.807) is 43.3 Å². The summed E-state index contributed by atoms with van der Waals surface area (Å²) in [4.78, 5) is 24.1. The fourth-order valence-corrected chi connectivity index (χ4v) is 4.09. The zero-order valence-electron chi connectivity index (χ0n) is 17.4. The van der Waals surface area contributed by atoms with Crippen LogP contribution in [0, 0.1) is 13.8 Å². The van der Waals surface area contributed by atoms with E-state index in [-0.39, 0.29) is 18.9 Å². The molecule has 0 saturated heterocycles. The van der Waals surface area contributed by atoms with Crippen LogP contribution in [-0.2, 0) is 19.6 Å². The normalized spacial score (nSPS) is 11.1. The van der Waals surface area contributed by atoms with Crippen molar-refractivity contribution in [2.75, 3.05) is 29.5 Å². The van der Waals surface area contributed by atoms with E-state index in [1.807, 2.05) is 6.92 Å². The van der Waals surface area contributed by atoms with E-state index in [0.717, 1.165) is 17.4 Å². The zero-order valence-corrected chi connectivity index (χ0v) is 18.9. The molecule has 2 rings (SSSR count). The minimum Gasteiger partial charge on any atom is -0.465 e. The number of methoxy groups -OCH3 is 1. The van der Waals surface area contributed by atoms with Gasteiger partial charge in [0.15, 0.2) is 0 Å². The molecule has 2 aromatic rings. The lowest BCUT2D eigenvalue weighted by Crippen LogP contribution is -2.32. The maximum atomic E-state index is 12.4. The molecule has 1 amide bonds. The van der Waals surface area contributed by atoms with Gasteiger partial charge in [0.2, 0.25) is 15.9 Å². The van der Waals surface area contributed by atoms with Crippen LogP contribution in [0.4, 0.5) is 11.4 Å². The molecule has 0 aromatic heterocycles. The molecule has 0 bridgehead atoms. The number of halogens is 1. The first-order chi connectivity index (χ1) is 14.0. The van der Waals surface area contributed by atoms with Crippen LogP contribution in [0.5, 0.6) is 0 Å². The number of ether oxygens (including phenoxy) is 1. The van der Waals surface area contributed by atoms with E-state index in [1.165, 1.54) is 11.4 Å². The molecule has 0 unspecified atom stereocenters. The maximum Gasteiger partial charge on any atom is 0.337 e. The highest BCUT2D eigenvalue weighted by Crippen LogP contribution is 2.26. The van der Waals surface area contributed by atoms with Crippen molar-refractivity contribution in [2.45, 2.75) is 26.7 Å². The Morgan fingerprint density at radius 3 is 2.40 bits per heavy atom. The van der Waals surface area contributed by atoms with Crippen molar-refractivity contribution in [3.05, 3.63) is 58.1 Å². The SMILES string of the molecule is COC(=O)c1ccc(C)c(NC(=O)CCCN(c2cc(Cl)ccc2C)S(C)(=O)=O)c1. The minimum absolute atomic E-state index is 0.105. The molecule has 0 aliphatic rings. The van der Waals surface area contributed by atoms with Crippen molar-refractivity contribution in [2.24, 2.45) is 0 Å². The summed E-state index contributed by atoms with van der Waals surface area (Å²) in [5.74, 6) is -0.775. The van der Waals surface area contributed by atoms with Gasteiger partial charge < -0.3 is 10.1 Å². The van der Waals surface area contributed by atoms with E-state index in [9.17, 15) is 18.0 Å². The second-order valence-electron chi connectivity index (χ2n) is 6.94. The van der Waals surface area contributed by atoms with Crippen LogP contribution in [0.25, 0.3) is 0 Å². The van der Waals surface area contributed by atoms with Gasteiger partial charge in [-0.25, -0.2) is 13.2 Å². The molecule has 0 fully saturated rings. The number of rotatable bonds is 8. The Kier molecular flexibility index (Phi) is 7.86. The highest BCUT2D eigenvalue weighted by Gasteiger charge is 2.20. The van der Waals surface area contributed by atoms with Gasteiger partial charge in [-0.15, -0.1) is 0 Å². The van der Waals surface area contributed by atoms with E-state index in [0.29, 0.717) is 28.4 Å². The summed E-state index contributed by atoms with van der Waals surface area (Å²) >= 11 is 6.03. The Morgan fingerprint density at radius 2 is 1.77 bits per heavy atom. The third-order valence-corrected chi connectivity index (χ3v) is 5.95. The second kappa shape index (κ2) is 9.95. The third-order valence-electron chi connectivity index (χ3n) is 4.54. The number of amides is 1. The van der Waals surface area contributed by atoms with Gasteiger partial charge in [-0.05, 0) is 55.7 Å². The lowest BCUT2D eigenvalue weighted by atomic mass is 10.1. The molecular formula is C21H25ClN2O5S. The van der Waals surface area contributed by atoms with E-state index < -0.39 is 16.0 Å². The van der Waals surface area contributed by atoms with Gasteiger partial charge >= 0.3 is 5.97 Å². The average molecular weight is 453 g/mol. The number of nitrogens with zero attached hydrogens (tertiary/aromatic N) is 1. The molecule has 30 heavy (non-hydrogen) atoms. The summed E-state index contributed by atoms with van der Waals surface area (Å²) in [6.45, 7) is 3.74. The Bertz CT molecular complexity index is 1050.